The molecule has 0 radical (unpaired) electrons. The van der Waals surface area contributed by atoms with E-state index in [1.807, 2.05) is 0 Å². The van der Waals surface area contributed by atoms with E-state index in [4.69, 9.17) is 4.42 Å². The summed E-state index contributed by atoms with van der Waals surface area (Å²) in [6, 6.07) is 3.45. The molecule has 0 aromatic carbocycles. The molecule has 0 amide bonds. The fraction of sp³-hybridized carbons (Fsp3) is 0.500. The van der Waals surface area contributed by atoms with Gasteiger partial charge in [-0.15, -0.1) is 0 Å². The first-order valence-corrected chi connectivity index (χ1v) is 5.88. The van der Waals surface area contributed by atoms with Crippen LogP contribution in [0, 0.1) is 0 Å². The molecule has 1 unspecified atom stereocenters. The van der Waals surface area contributed by atoms with Gasteiger partial charge in [0.2, 0.25) is 0 Å². The zero-order valence-electron chi connectivity index (χ0n) is 7.05. The smallest absolute Gasteiger partial charge is 0.402 e. The second-order valence-corrected chi connectivity index (χ2v) is 4.74. The van der Waals surface area contributed by atoms with Crippen molar-refractivity contribution in [1.82, 2.24) is 0 Å². The van der Waals surface area contributed by atoms with E-state index in [9.17, 15) is 13.2 Å². The van der Waals surface area contributed by atoms with E-state index in [0.29, 0.717) is 11.5 Å². The molecule has 1 nitrogen and oxygen atoms in total. The van der Waals surface area contributed by atoms with E-state index >= 15 is 0 Å². The Morgan fingerprint density at radius 3 is 2.71 bits per heavy atom. The lowest BCUT2D eigenvalue weighted by atomic mass is 10.5. The molecule has 0 spiro atoms. The molecule has 1 heterocycles. The van der Waals surface area contributed by atoms with E-state index < -0.39 is 11.0 Å². The Kier molecular flexibility index (Phi) is 4.37. The minimum atomic E-state index is -4.17. The summed E-state index contributed by atoms with van der Waals surface area (Å²) in [4.78, 5) is -1.45. The average molecular weight is 289 g/mol. The molecule has 0 fully saturated rings. The first-order valence-electron chi connectivity index (χ1n) is 3.81. The standard InChI is InChI=1S/C8H8BrF3OS/c9-7(8(10,11)12)5-14-4-6-2-1-3-13-6/h1-3,7H,4-5H2. The number of rotatable bonds is 4. The van der Waals surface area contributed by atoms with Gasteiger partial charge in [0.25, 0.3) is 0 Å². The van der Waals surface area contributed by atoms with Gasteiger partial charge < -0.3 is 4.42 Å². The fourth-order valence-electron chi connectivity index (χ4n) is 0.752. The van der Waals surface area contributed by atoms with Crippen molar-refractivity contribution >= 4 is 27.7 Å². The Hall–Kier alpha value is -0.100. The first kappa shape index (κ1) is 12.0. The zero-order valence-corrected chi connectivity index (χ0v) is 9.45. The van der Waals surface area contributed by atoms with Crippen molar-refractivity contribution in [2.45, 2.75) is 16.8 Å². The Morgan fingerprint density at radius 1 is 1.50 bits per heavy atom. The Labute approximate surface area is 92.2 Å². The summed E-state index contributed by atoms with van der Waals surface area (Å²) in [5.74, 6) is 1.15. The van der Waals surface area contributed by atoms with Crippen LogP contribution in [0.5, 0.6) is 0 Å². The highest BCUT2D eigenvalue weighted by molar-refractivity contribution is 9.09. The van der Waals surface area contributed by atoms with Gasteiger partial charge >= 0.3 is 6.18 Å². The molecule has 0 N–H and O–H groups in total. The SMILES string of the molecule is FC(F)(F)C(Br)CSCc1ccco1. The topological polar surface area (TPSA) is 13.1 Å². The highest BCUT2D eigenvalue weighted by Gasteiger charge is 2.37. The summed E-state index contributed by atoms with van der Waals surface area (Å²) < 4.78 is 41.1. The Morgan fingerprint density at radius 2 is 2.21 bits per heavy atom. The molecule has 6 heteroatoms. The minimum absolute atomic E-state index is 0.00972. The molecule has 1 aromatic heterocycles. The van der Waals surface area contributed by atoms with Crippen LogP contribution in [0.2, 0.25) is 0 Å². The van der Waals surface area contributed by atoms with Gasteiger partial charge in [0, 0.05) is 5.75 Å². The van der Waals surface area contributed by atoms with Gasteiger partial charge in [0.1, 0.15) is 10.6 Å². The van der Waals surface area contributed by atoms with Crippen LogP contribution < -0.4 is 0 Å². The quantitative estimate of drug-likeness (QED) is 0.781. The summed E-state index contributed by atoms with van der Waals surface area (Å²) in [6.07, 6.45) is -2.67. The molecule has 0 aliphatic carbocycles. The second-order valence-electron chi connectivity index (χ2n) is 2.60. The molecule has 1 atom stereocenters. The normalized spacial score (nSPS) is 14.3. The molecule has 0 saturated carbocycles. The highest BCUT2D eigenvalue weighted by Crippen LogP contribution is 2.29. The van der Waals surface area contributed by atoms with Crippen molar-refractivity contribution in [3.63, 3.8) is 0 Å². The van der Waals surface area contributed by atoms with Crippen molar-refractivity contribution in [3.8, 4) is 0 Å². The lowest BCUT2D eigenvalue weighted by Crippen LogP contribution is -2.24. The van der Waals surface area contributed by atoms with Crippen LogP contribution in [0.25, 0.3) is 0 Å². The van der Waals surface area contributed by atoms with Crippen LogP contribution in [-0.2, 0) is 5.75 Å². The maximum absolute atomic E-state index is 12.0. The van der Waals surface area contributed by atoms with Gasteiger partial charge in [-0.25, -0.2) is 0 Å². The van der Waals surface area contributed by atoms with Crippen LogP contribution in [0.3, 0.4) is 0 Å². The number of hydrogen-bond donors (Lipinski definition) is 0. The van der Waals surface area contributed by atoms with Crippen LogP contribution in [0.1, 0.15) is 5.76 Å². The fourth-order valence-corrected chi connectivity index (χ4v) is 2.19. The summed E-state index contributed by atoms with van der Waals surface area (Å²) >= 11 is 3.77. The molecule has 80 valence electrons. The Balaban J connectivity index is 2.22. The molecule has 0 bridgehead atoms. The predicted molar refractivity (Wildman–Crippen MR) is 53.6 cm³/mol. The van der Waals surface area contributed by atoms with Gasteiger partial charge in [0.05, 0.1) is 12.0 Å². The van der Waals surface area contributed by atoms with E-state index in [0.717, 1.165) is 0 Å². The minimum Gasteiger partial charge on any atom is -0.468 e. The average Bonchev–Trinajstić information content (AvgIpc) is 2.55. The van der Waals surface area contributed by atoms with Crippen LogP contribution >= 0.6 is 27.7 Å². The molecule has 1 aromatic rings. The third-order valence-electron chi connectivity index (χ3n) is 1.44. The van der Waals surface area contributed by atoms with Crippen molar-refractivity contribution in [3.05, 3.63) is 24.2 Å². The van der Waals surface area contributed by atoms with Crippen molar-refractivity contribution < 1.29 is 17.6 Å². The molecule has 0 aliphatic rings. The maximum atomic E-state index is 12.0. The van der Waals surface area contributed by atoms with Gasteiger partial charge in [-0.05, 0) is 12.1 Å². The third-order valence-corrected chi connectivity index (χ3v) is 3.77. The number of alkyl halides is 4. The van der Waals surface area contributed by atoms with Crippen LogP contribution in [0.15, 0.2) is 22.8 Å². The first-order chi connectivity index (χ1) is 6.50. The summed E-state index contributed by atoms with van der Waals surface area (Å²) in [5.41, 5.74) is 0. The summed E-state index contributed by atoms with van der Waals surface area (Å²) in [6.45, 7) is 0. The van der Waals surface area contributed by atoms with Gasteiger partial charge in [-0.2, -0.15) is 24.9 Å². The second kappa shape index (κ2) is 5.11. The zero-order chi connectivity index (χ0) is 10.6. The number of furan rings is 1. The van der Waals surface area contributed by atoms with E-state index in [-0.39, 0.29) is 5.75 Å². The van der Waals surface area contributed by atoms with Gasteiger partial charge in [-0.1, -0.05) is 15.9 Å². The third kappa shape index (κ3) is 3.96. The van der Waals surface area contributed by atoms with E-state index in [1.165, 1.54) is 18.0 Å². The molecule has 0 aliphatic heterocycles. The largest absolute Gasteiger partial charge is 0.468 e. The monoisotopic (exact) mass is 288 g/mol. The summed E-state index contributed by atoms with van der Waals surface area (Å²) in [5, 5.41) is 0. The van der Waals surface area contributed by atoms with E-state index in [1.54, 1.807) is 12.1 Å². The number of thioether (sulfide) groups is 1. The van der Waals surface area contributed by atoms with Crippen molar-refractivity contribution in [2.75, 3.05) is 5.75 Å². The molecule has 0 saturated heterocycles. The van der Waals surface area contributed by atoms with Crippen molar-refractivity contribution in [1.29, 1.82) is 0 Å². The maximum Gasteiger partial charge on any atom is 0.402 e. The molecule has 1 rings (SSSR count). The predicted octanol–water partition coefficient (Wildman–Crippen LogP) is 3.84. The molecule has 14 heavy (non-hydrogen) atoms. The lowest BCUT2D eigenvalue weighted by molar-refractivity contribution is -0.122. The molecular weight excluding hydrogens is 281 g/mol. The highest BCUT2D eigenvalue weighted by atomic mass is 79.9. The number of hydrogen-bond acceptors (Lipinski definition) is 2. The molecular formula is C8H8BrF3OS. The lowest BCUT2D eigenvalue weighted by Gasteiger charge is -2.12. The summed E-state index contributed by atoms with van der Waals surface area (Å²) in [7, 11) is 0. The Bertz CT molecular complexity index is 260. The van der Waals surface area contributed by atoms with Crippen LogP contribution in [-0.4, -0.2) is 16.8 Å². The number of halogens is 4. The van der Waals surface area contributed by atoms with Gasteiger partial charge in [0.15, 0.2) is 0 Å². The van der Waals surface area contributed by atoms with E-state index in [2.05, 4.69) is 15.9 Å². The van der Waals surface area contributed by atoms with Crippen LogP contribution in [0.4, 0.5) is 13.2 Å². The van der Waals surface area contributed by atoms with Gasteiger partial charge in [-0.3, -0.25) is 0 Å². The van der Waals surface area contributed by atoms with Crippen molar-refractivity contribution in [2.24, 2.45) is 0 Å².